The zero-order valence-electron chi connectivity index (χ0n) is 14.4. The van der Waals surface area contributed by atoms with E-state index in [1.807, 2.05) is 29.2 Å². The SMILES string of the molecule is CCc1ccc(-n2nc(C(=O)O)c(N3CCCCC3CCO)n2)cc1. The minimum atomic E-state index is -1.08. The summed E-state index contributed by atoms with van der Waals surface area (Å²) in [6, 6.07) is 7.89. The molecular weight excluding hydrogens is 320 g/mol. The molecule has 1 aliphatic rings. The fourth-order valence-electron chi connectivity index (χ4n) is 3.34. The Labute approximate surface area is 146 Å². The highest BCUT2D eigenvalue weighted by atomic mass is 16.4. The Bertz CT molecular complexity index is 724. The number of aromatic nitrogens is 3. The van der Waals surface area contributed by atoms with Crippen LogP contribution in [-0.2, 0) is 6.42 Å². The fourth-order valence-corrected chi connectivity index (χ4v) is 3.34. The molecule has 1 fully saturated rings. The molecule has 1 unspecified atom stereocenters. The predicted octanol–water partition coefficient (Wildman–Crippen LogP) is 2.27. The molecule has 134 valence electrons. The Morgan fingerprint density at radius 2 is 2.00 bits per heavy atom. The molecule has 1 aliphatic heterocycles. The van der Waals surface area contributed by atoms with Gasteiger partial charge in [0, 0.05) is 19.2 Å². The highest BCUT2D eigenvalue weighted by molar-refractivity contribution is 5.91. The number of rotatable bonds is 6. The van der Waals surface area contributed by atoms with Crippen molar-refractivity contribution in [2.75, 3.05) is 18.1 Å². The number of carbonyl (C=O) groups is 1. The Morgan fingerprint density at radius 3 is 2.64 bits per heavy atom. The standard InChI is InChI=1S/C18H24N4O3/c1-2-13-6-8-15(9-7-13)22-19-16(18(24)25)17(20-22)21-11-4-3-5-14(21)10-12-23/h6-9,14,23H,2-5,10-12H2,1H3,(H,24,25). The van der Waals surface area contributed by atoms with Gasteiger partial charge < -0.3 is 15.1 Å². The smallest absolute Gasteiger partial charge is 0.360 e. The van der Waals surface area contributed by atoms with Gasteiger partial charge in [0.05, 0.1) is 5.69 Å². The molecule has 2 heterocycles. The van der Waals surface area contributed by atoms with Crippen LogP contribution in [-0.4, -0.2) is 50.4 Å². The highest BCUT2D eigenvalue weighted by Crippen LogP contribution is 2.28. The maximum absolute atomic E-state index is 11.7. The Balaban J connectivity index is 1.97. The van der Waals surface area contributed by atoms with Gasteiger partial charge in [-0.3, -0.25) is 0 Å². The Kier molecular flexibility index (Phi) is 5.33. The van der Waals surface area contributed by atoms with E-state index in [1.165, 1.54) is 10.4 Å². The molecule has 7 nitrogen and oxygen atoms in total. The topological polar surface area (TPSA) is 91.5 Å². The Hall–Kier alpha value is -2.41. The van der Waals surface area contributed by atoms with Crippen LogP contribution in [0.3, 0.4) is 0 Å². The monoisotopic (exact) mass is 344 g/mol. The molecule has 1 aromatic heterocycles. The van der Waals surface area contributed by atoms with Crippen LogP contribution in [0.4, 0.5) is 5.82 Å². The molecule has 2 aromatic rings. The zero-order chi connectivity index (χ0) is 17.8. The molecule has 25 heavy (non-hydrogen) atoms. The van der Waals surface area contributed by atoms with E-state index in [9.17, 15) is 15.0 Å². The summed E-state index contributed by atoms with van der Waals surface area (Å²) in [5.41, 5.74) is 1.90. The van der Waals surface area contributed by atoms with Crippen molar-refractivity contribution in [1.82, 2.24) is 15.0 Å². The predicted molar refractivity (Wildman–Crippen MR) is 94.4 cm³/mol. The van der Waals surface area contributed by atoms with Crippen molar-refractivity contribution in [2.45, 2.75) is 45.1 Å². The van der Waals surface area contributed by atoms with Gasteiger partial charge in [-0.15, -0.1) is 15.0 Å². The molecular formula is C18H24N4O3. The van der Waals surface area contributed by atoms with Gasteiger partial charge in [-0.2, -0.15) is 0 Å². The number of hydrogen-bond donors (Lipinski definition) is 2. The van der Waals surface area contributed by atoms with Crippen molar-refractivity contribution in [3.05, 3.63) is 35.5 Å². The second-order valence-electron chi connectivity index (χ2n) is 6.34. The molecule has 0 amide bonds. The number of benzene rings is 1. The number of aliphatic hydroxyl groups excluding tert-OH is 1. The largest absolute Gasteiger partial charge is 0.476 e. The maximum Gasteiger partial charge on any atom is 0.360 e. The highest BCUT2D eigenvalue weighted by Gasteiger charge is 2.30. The third-order valence-corrected chi connectivity index (χ3v) is 4.74. The molecule has 0 saturated carbocycles. The molecule has 1 saturated heterocycles. The lowest BCUT2D eigenvalue weighted by atomic mass is 9.99. The number of aromatic carboxylic acids is 1. The van der Waals surface area contributed by atoms with Crippen molar-refractivity contribution in [2.24, 2.45) is 0 Å². The minimum Gasteiger partial charge on any atom is -0.476 e. The van der Waals surface area contributed by atoms with Crippen molar-refractivity contribution < 1.29 is 15.0 Å². The first-order chi connectivity index (χ1) is 12.1. The summed E-state index contributed by atoms with van der Waals surface area (Å²) in [5, 5.41) is 27.6. The molecule has 3 rings (SSSR count). The second-order valence-corrected chi connectivity index (χ2v) is 6.34. The lowest BCUT2D eigenvalue weighted by Gasteiger charge is -2.35. The number of carboxylic acids is 1. The summed E-state index contributed by atoms with van der Waals surface area (Å²) >= 11 is 0. The average molecular weight is 344 g/mol. The van der Waals surface area contributed by atoms with E-state index in [-0.39, 0.29) is 18.3 Å². The van der Waals surface area contributed by atoms with Crippen molar-refractivity contribution in [3.8, 4) is 5.69 Å². The van der Waals surface area contributed by atoms with Gasteiger partial charge in [0.15, 0.2) is 5.82 Å². The molecule has 0 bridgehead atoms. The van der Waals surface area contributed by atoms with Crippen LogP contribution in [0, 0.1) is 0 Å². The van der Waals surface area contributed by atoms with Crippen molar-refractivity contribution in [1.29, 1.82) is 0 Å². The lowest BCUT2D eigenvalue weighted by Crippen LogP contribution is -2.41. The van der Waals surface area contributed by atoms with Crippen LogP contribution in [0.1, 0.15) is 48.7 Å². The van der Waals surface area contributed by atoms with E-state index >= 15 is 0 Å². The van der Waals surface area contributed by atoms with Crippen molar-refractivity contribution >= 4 is 11.8 Å². The first kappa shape index (κ1) is 17.4. The first-order valence-electron chi connectivity index (χ1n) is 8.81. The zero-order valence-corrected chi connectivity index (χ0v) is 14.4. The molecule has 0 spiro atoms. The second kappa shape index (κ2) is 7.65. The third-order valence-electron chi connectivity index (χ3n) is 4.74. The van der Waals surface area contributed by atoms with Gasteiger partial charge in [0.1, 0.15) is 0 Å². The van der Waals surface area contributed by atoms with Crippen LogP contribution >= 0.6 is 0 Å². The van der Waals surface area contributed by atoms with Gasteiger partial charge >= 0.3 is 5.97 Å². The summed E-state index contributed by atoms with van der Waals surface area (Å²) in [6.45, 7) is 2.90. The summed E-state index contributed by atoms with van der Waals surface area (Å²) in [6.07, 6.45) is 4.54. The number of aliphatic hydroxyl groups is 1. The van der Waals surface area contributed by atoms with E-state index in [1.54, 1.807) is 0 Å². The van der Waals surface area contributed by atoms with E-state index in [4.69, 9.17) is 0 Å². The first-order valence-corrected chi connectivity index (χ1v) is 8.81. The van der Waals surface area contributed by atoms with Gasteiger partial charge in [-0.25, -0.2) is 4.79 Å². The van der Waals surface area contributed by atoms with E-state index in [0.717, 1.165) is 37.9 Å². The van der Waals surface area contributed by atoms with Crippen LogP contribution < -0.4 is 4.90 Å². The summed E-state index contributed by atoms with van der Waals surface area (Å²) < 4.78 is 0. The number of piperidine rings is 1. The summed E-state index contributed by atoms with van der Waals surface area (Å²) in [7, 11) is 0. The number of hydrogen-bond acceptors (Lipinski definition) is 5. The van der Waals surface area contributed by atoms with Gasteiger partial charge in [0.25, 0.3) is 0 Å². The number of aryl methyl sites for hydroxylation is 1. The van der Waals surface area contributed by atoms with Gasteiger partial charge in [0.2, 0.25) is 5.69 Å². The average Bonchev–Trinajstić information content (AvgIpc) is 3.08. The van der Waals surface area contributed by atoms with Crippen LogP contribution in [0.5, 0.6) is 0 Å². The van der Waals surface area contributed by atoms with Crippen molar-refractivity contribution in [3.63, 3.8) is 0 Å². The van der Waals surface area contributed by atoms with Crippen LogP contribution in [0.15, 0.2) is 24.3 Å². The normalized spacial score (nSPS) is 17.7. The lowest BCUT2D eigenvalue weighted by molar-refractivity contribution is 0.0690. The van der Waals surface area contributed by atoms with E-state index in [0.29, 0.717) is 12.2 Å². The molecule has 2 N–H and O–H groups in total. The number of carboxylic acid groups (broad SMARTS) is 1. The van der Waals surface area contributed by atoms with Gasteiger partial charge in [-0.05, 0) is 49.8 Å². The van der Waals surface area contributed by atoms with Gasteiger partial charge in [-0.1, -0.05) is 19.1 Å². The minimum absolute atomic E-state index is 0.0376. The van der Waals surface area contributed by atoms with Crippen LogP contribution in [0.2, 0.25) is 0 Å². The van der Waals surface area contributed by atoms with Crippen LogP contribution in [0.25, 0.3) is 5.69 Å². The number of nitrogens with zero attached hydrogens (tertiary/aromatic N) is 4. The fraction of sp³-hybridized carbons (Fsp3) is 0.500. The quantitative estimate of drug-likeness (QED) is 0.835. The molecule has 0 radical (unpaired) electrons. The summed E-state index contributed by atoms with van der Waals surface area (Å²) in [5.74, 6) is -0.690. The Morgan fingerprint density at radius 1 is 1.24 bits per heavy atom. The maximum atomic E-state index is 11.7. The molecule has 1 atom stereocenters. The summed E-state index contributed by atoms with van der Waals surface area (Å²) in [4.78, 5) is 15.1. The third kappa shape index (κ3) is 3.66. The molecule has 7 heteroatoms. The molecule has 1 aromatic carbocycles. The molecule has 0 aliphatic carbocycles. The van der Waals surface area contributed by atoms with E-state index < -0.39 is 5.97 Å². The number of anilines is 1. The van der Waals surface area contributed by atoms with E-state index in [2.05, 4.69) is 17.1 Å².